The summed E-state index contributed by atoms with van der Waals surface area (Å²) in [5, 5.41) is 0. The Balaban J connectivity index is 2.48. The Morgan fingerprint density at radius 2 is 2.09 bits per heavy atom. The normalized spacial score (nSPS) is 11.8. The number of hydrogen-bond acceptors (Lipinski definition) is 5. The second-order valence-electron chi connectivity index (χ2n) is 5.25. The van der Waals surface area contributed by atoms with Gasteiger partial charge in [0.2, 0.25) is 0 Å². The Labute approximate surface area is 135 Å². The van der Waals surface area contributed by atoms with Crippen molar-refractivity contribution < 1.29 is 27.1 Å². The molecule has 1 heterocycles. The largest absolute Gasteiger partial charge is 0.748 e. The number of benzene rings is 1. The second-order valence-corrected chi connectivity index (χ2v) is 6.78. The van der Waals surface area contributed by atoms with E-state index in [1.54, 1.807) is 12.1 Å². The molecule has 1 aromatic heterocycles. The van der Waals surface area contributed by atoms with E-state index in [0.717, 1.165) is 23.4 Å². The fraction of sp³-hybridized carbons (Fsp3) is 0.467. The maximum absolute atomic E-state index is 11.7. The summed E-state index contributed by atoms with van der Waals surface area (Å²) in [6.45, 7) is 5.06. The van der Waals surface area contributed by atoms with Crippen molar-refractivity contribution in [2.24, 2.45) is 0 Å². The summed E-state index contributed by atoms with van der Waals surface area (Å²) >= 11 is 0. The van der Waals surface area contributed by atoms with Crippen LogP contribution in [-0.2, 0) is 27.9 Å². The first-order valence-corrected chi connectivity index (χ1v) is 8.90. The van der Waals surface area contributed by atoms with Crippen LogP contribution in [0.5, 0.6) is 0 Å². The molecule has 1 aromatic carbocycles. The monoisotopic (exact) mass is 340 g/mol. The Morgan fingerprint density at radius 3 is 2.65 bits per heavy atom. The van der Waals surface area contributed by atoms with Crippen LogP contribution in [-0.4, -0.2) is 36.4 Å². The molecule has 0 radical (unpaired) electrons. The first-order chi connectivity index (χ1) is 10.8. The predicted octanol–water partition coefficient (Wildman–Crippen LogP) is 0.979. The summed E-state index contributed by atoms with van der Waals surface area (Å²) in [7, 11) is -2.91. The van der Waals surface area contributed by atoms with E-state index in [-0.39, 0.29) is 6.42 Å². The van der Waals surface area contributed by atoms with Crippen LogP contribution < -0.4 is 4.57 Å². The maximum atomic E-state index is 11.7. The molecule has 0 aliphatic heterocycles. The number of ether oxygens (including phenoxy) is 1. The summed E-state index contributed by atoms with van der Waals surface area (Å²) in [5.74, 6) is 0.102. The molecule has 8 heteroatoms. The van der Waals surface area contributed by atoms with Crippen LogP contribution in [0.4, 0.5) is 0 Å². The number of aryl methyl sites for hydroxylation is 2. The van der Waals surface area contributed by atoms with E-state index in [0.29, 0.717) is 12.1 Å². The SMILES string of the molecule is CC[n+]1c(C)n(CCCS(=O)(=O)[O-])c2cc(C(=O)OC)ccc21. The van der Waals surface area contributed by atoms with Gasteiger partial charge in [0.1, 0.15) is 0 Å². The third-order valence-corrected chi connectivity index (χ3v) is 4.64. The van der Waals surface area contributed by atoms with Crippen LogP contribution in [0.1, 0.15) is 29.5 Å². The molecule has 0 aliphatic carbocycles. The number of nitrogens with zero attached hydrogens (tertiary/aromatic N) is 2. The van der Waals surface area contributed by atoms with Crippen molar-refractivity contribution >= 4 is 27.1 Å². The minimum absolute atomic E-state index is 0.225. The molecule has 0 atom stereocenters. The van der Waals surface area contributed by atoms with Gasteiger partial charge in [-0.15, -0.1) is 0 Å². The van der Waals surface area contributed by atoms with Gasteiger partial charge in [-0.2, -0.15) is 0 Å². The molecule has 2 aromatic rings. The fourth-order valence-electron chi connectivity index (χ4n) is 2.79. The zero-order valence-electron chi connectivity index (χ0n) is 13.4. The molecule has 0 spiro atoms. The van der Waals surface area contributed by atoms with Gasteiger partial charge in [0, 0.05) is 18.7 Å². The third-order valence-electron chi connectivity index (χ3n) is 3.85. The number of methoxy groups -OCH3 is 1. The highest BCUT2D eigenvalue weighted by Gasteiger charge is 2.22. The van der Waals surface area contributed by atoms with Crippen molar-refractivity contribution in [1.82, 2.24) is 4.57 Å². The van der Waals surface area contributed by atoms with Crippen molar-refractivity contribution in [3.05, 3.63) is 29.6 Å². The summed E-state index contributed by atoms with van der Waals surface area (Å²) < 4.78 is 41.1. The molecule has 126 valence electrons. The quantitative estimate of drug-likeness (QED) is 0.444. The molecule has 0 saturated heterocycles. The number of imidazole rings is 1. The van der Waals surface area contributed by atoms with Crippen LogP contribution >= 0.6 is 0 Å². The predicted molar refractivity (Wildman–Crippen MR) is 83.1 cm³/mol. The van der Waals surface area contributed by atoms with Crippen molar-refractivity contribution in [2.75, 3.05) is 12.9 Å². The van der Waals surface area contributed by atoms with Crippen LogP contribution in [0.3, 0.4) is 0 Å². The van der Waals surface area contributed by atoms with Crippen molar-refractivity contribution in [3.63, 3.8) is 0 Å². The van der Waals surface area contributed by atoms with Gasteiger partial charge < -0.3 is 9.29 Å². The summed E-state index contributed by atoms with van der Waals surface area (Å²) in [5.41, 5.74) is 2.19. The Bertz CT molecular complexity index is 839. The standard InChI is InChI=1S/C15H20N2O5S/c1-4-16-11(2)17(8-5-9-23(19,20)21)14-10-12(15(18)22-3)6-7-13(14)16/h6-7,10H,4-5,8-9H2,1-3H3. The fourth-order valence-corrected chi connectivity index (χ4v) is 3.27. The van der Waals surface area contributed by atoms with Crippen molar-refractivity contribution in [2.45, 2.75) is 33.4 Å². The van der Waals surface area contributed by atoms with Gasteiger partial charge in [-0.1, -0.05) is 0 Å². The molecule has 0 bridgehead atoms. The average Bonchev–Trinajstić information content (AvgIpc) is 2.76. The molecule has 2 rings (SSSR count). The number of carbonyl (C=O) groups excluding carboxylic acids is 1. The molecule has 0 unspecified atom stereocenters. The topological polar surface area (TPSA) is 92.3 Å². The number of rotatable bonds is 6. The van der Waals surface area contributed by atoms with Crippen molar-refractivity contribution in [3.8, 4) is 0 Å². The van der Waals surface area contributed by atoms with Gasteiger partial charge in [0.25, 0.3) is 5.82 Å². The summed E-state index contributed by atoms with van der Waals surface area (Å²) in [4.78, 5) is 11.7. The molecular formula is C15H20N2O5S. The second kappa shape index (κ2) is 6.67. The number of carbonyl (C=O) groups is 1. The number of hydrogen-bond donors (Lipinski definition) is 0. The van der Waals surface area contributed by atoms with Gasteiger partial charge in [-0.05, 0) is 25.5 Å². The number of aromatic nitrogens is 2. The number of fused-ring (bicyclic) bond motifs is 1. The Morgan fingerprint density at radius 1 is 1.39 bits per heavy atom. The Hall–Kier alpha value is -1.93. The minimum Gasteiger partial charge on any atom is -0.748 e. The molecule has 7 nitrogen and oxygen atoms in total. The zero-order chi connectivity index (χ0) is 17.2. The van der Waals surface area contributed by atoms with Crippen molar-refractivity contribution in [1.29, 1.82) is 0 Å². The summed E-state index contributed by atoms with van der Waals surface area (Å²) in [6, 6.07) is 5.27. The minimum atomic E-state index is -4.23. The summed E-state index contributed by atoms with van der Waals surface area (Å²) in [6.07, 6.45) is 0.225. The van der Waals surface area contributed by atoms with Crippen LogP contribution in [0.15, 0.2) is 18.2 Å². The van der Waals surface area contributed by atoms with E-state index in [1.807, 2.05) is 24.5 Å². The highest BCUT2D eigenvalue weighted by Crippen LogP contribution is 2.18. The van der Waals surface area contributed by atoms with Gasteiger partial charge in [-0.25, -0.2) is 22.3 Å². The highest BCUT2D eigenvalue weighted by molar-refractivity contribution is 7.85. The van der Waals surface area contributed by atoms with Crippen LogP contribution in [0, 0.1) is 6.92 Å². The van der Waals surface area contributed by atoms with Gasteiger partial charge in [-0.3, -0.25) is 0 Å². The lowest BCUT2D eigenvalue weighted by Crippen LogP contribution is -2.35. The maximum Gasteiger partial charge on any atom is 0.338 e. The lowest BCUT2D eigenvalue weighted by atomic mass is 10.2. The van der Waals surface area contributed by atoms with E-state index >= 15 is 0 Å². The van der Waals surface area contributed by atoms with Crippen LogP contribution in [0.25, 0.3) is 11.0 Å². The van der Waals surface area contributed by atoms with Crippen LogP contribution in [0.2, 0.25) is 0 Å². The average molecular weight is 340 g/mol. The van der Waals surface area contributed by atoms with E-state index in [1.165, 1.54) is 7.11 Å². The molecule has 0 fully saturated rings. The molecule has 0 N–H and O–H groups in total. The zero-order valence-corrected chi connectivity index (χ0v) is 14.2. The smallest absolute Gasteiger partial charge is 0.338 e. The highest BCUT2D eigenvalue weighted by atomic mass is 32.2. The van der Waals surface area contributed by atoms with Gasteiger partial charge in [0.15, 0.2) is 11.0 Å². The molecule has 23 heavy (non-hydrogen) atoms. The lowest BCUT2D eigenvalue weighted by Gasteiger charge is -2.06. The number of esters is 1. The van der Waals surface area contributed by atoms with Gasteiger partial charge in [0.05, 0.1) is 35.9 Å². The lowest BCUT2D eigenvalue weighted by molar-refractivity contribution is -0.675. The first kappa shape index (κ1) is 17.4. The van der Waals surface area contributed by atoms with E-state index < -0.39 is 21.8 Å². The van der Waals surface area contributed by atoms with E-state index in [9.17, 15) is 17.8 Å². The third kappa shape index (κ3) is 3.70. The van der Waals surface area contributed by atoms with Gasteiger partial charge >= 0.3 is 5.97 Å². The molecule has 0 aliphatic rings. The molecule has 0 saturated carbocycles. The molecule has 0 amide bonds. The van der Waals surface area contributed by atoms with E-state index in [2.05, 4.69) is 4.57 Å². The van der Waals surface area contributed by atoms with E-state index in [4.69, 9.17) is 4.74 Å². The first-order valence-electron chi connectivity index (χ1n) is 7.33. The molecular weight excluding hydrogens is 320 g/mol. The Kier molecular flexibility index (Phi) is 5.06.